The highest BCUT2D eigenvalue weighted by Crippen LogP contribution is 2.33. The molecule has 0 bridgehead atoms. The quantitative estimate of drug-likeness (QED) is 0.752. The molecule has 1 saturated carbocycles. The summed E-state index contributed by atoms with van der Waals surface area (Å²) in [4.78, 5) is 14.7. The normalized spacial score (nSPS) is 31.2. The largest absolute Gasteiger partial charge is 0.492 e. The average Bonchev–Trinajstić information content (AvgIpc) is 2.18. The van der Waals surface area contributed by atoms with Gasteiger partial charge in [-0.05, 0) is 25.7 Å². The van der Waals surface area contributed by atoms with Crippen LogP contribution in [0.25, 0.3) is 0 Å². The maximum absolute atomic E-state index is 11.9. The molecule has 0 spiro atoms. The van der Waals surface area contributed by atoms with Gasteiger partial charge < -0.3 is 4.84 Å². The molecule has 6 heteroatoms. The second-order valence-corrected chi connectivity index (χ2v) is 4.55. The molecule has 0 saturated heterocycles. The fraction of sp³-hybridized carbons (Fsp3) is 0.900. The van der Waals surface area contributed by atoms with E-state index in [-0.39, 0.29) is 5.92 Å². The number of carbonyl (C=O) groups excluding carboxylic acids is 1. The van der Waals surface area contributed by atoms with E-state index in [0.29, 0.717) is 6.42 Å². The average molecular weight is 239 g/mol. The first-order chi connectivity index (χ1) is 7.26. The zero-order valence-electron chi connectivity index (χ0n) is 9.36. The molecule has 1 aliphatic carbocycles. The Balaban J connectivity index is 2.50. The van der Waals surface area contributed by atoms with Crippen LogP contribution < -0.4 is 5.48 Å². The topological polar surface area (TPSA) is 38.3 Å². The lowest BCUT2D eigenvalue weighted by Gasteiger charge is -2.39. The van der Waals surface area contributed by atoms with Gasteiger partial charge in [-0.2, -0.15) is 13.2 Å². The van der Waals surface area contributed by atoms with Crippen LogP contribution in [0.2, 0.25) is 0 Å². The molecule has 3 nitrogen and oxygen atoms in total. The zero-order chi connectivity index (χ0) is 12.4. The third-order valence-electron chi connectivity index (χ3n) is 3.28. The predicted octanol–water partition coefficient (Wildman–Crippen LogP) is 2.57. The van der Waals surface area contributed by atoms with Crippen molar-refractivity contribution in [2.75, 3.05) is 0 Å². The van der Waals surface area contributed by atoms with Gasteiger partial charge in [0.1, 0.15) is 0 Å². The summed E-state index contributed by atoms with van der Waals surface area (Å²) >= 11 is 0. The minimum Gasteiger partial charge on any atom is -0.363 e. The van der Waals surface area contributed by atoms with Crippen LogP contribution in [-0.2, 0) is 9.63 Å². The molecule has 0 aromatic heterocycles. The Morgan fingerprint density at radius 1 is 1.44 bits per heavy atom. The summed E-state index contributed by atoms with van der Waals surface area (Å²) in [6.07, 6.45) is -1.32. The van der Waals surface area contributed by atoms with E-state index in [1.807, 2.05) is 6.92 Å². The van der Waals surface area contributed by atoms with Gasteiger partial charge >= 0.3 is 12.1 Å². The second kappa shape index (κ2) is 4.61. The molecular formula is C10H16F3NO2. The van der Waals surface area contributed by atoms with Crippen LogP contribution in [0, 0.1) is 5.92 Å². The SMILES string of the molecule is CC1CCCCC1(C)NOC(=O)C(F)(F)F. The lowest BCUT2D eigenvalue weighted by molar-refractivity contribution is -0.212. The minimum atomic E-state index is -4.94. The van der Waals surface area contributed by atoms with E-state index in [1.54, 1.807) is 6.92 Å². The van der Waals surface area contributed by atoms with Crippen molar-refractivity contribution in [3.8, 4) is 0 Å². The summed E-state index contributed by atoms with van der Waals surface area (Å²) in [5.41, 5.74) is 1.73. The van der Waals surface area contributed by atoms with Crippen LogP contribution >= 0.6 is 0 Å². The molecule has 2 unspecified atom stereocenters. The number of alkyl halides is 3. The Hall–Kier alpha value is -0.780. The monoisotopic (exact) mass is 239 g/mol. The van der Waals surface area contributed by atoms with Crippen molar-refractivity contribution >= 4 is 5.97 Å². The number of hydrogen-bond donors (Lipinski definition) is 1. The van der Waals surface area contributed by atoms with Crippen molar-refractivity contribution in [3.05, 3.63) is 0 Å². The molecule has 0 heterocycles. The molecule has 16 heavy (non-hydrogen) atoms. The minimum absolute atomic E-state index is 0.183. The first-order valence-electron chi connectivity index (χ1n) is 5.31. The van der Waals surface area contributed by atoms with Crippen molar-refractivity contribution in [3.63, 3.8) is 0 Å². The van der Waals surface area contributed by atoms with Crippen LogP contribution in [0.15, 0.2) is 0 Å². The first kappa shape index (κ1) is 13.3. The summed E-state index contributed by atoms with van der Waals surface area (Å²) in [5.74, 6) is -2.01. The van der Waals surface area contributed by atoms with E-state index in [4.69, 9.17) is 0 Å². The number of rotatable bonds is 2. The standard InChI is InChI=1S/C10H16F3NO2/c1-7-5-3-4-6-9(7,2)14-16-8(15)10(11,12)13/h7,14H,3-6H2,1-2H3. The van der Waals surface area contributed by atoms with E-state index >= 15 is 0 Å². The van der Waals surface area contributed by atoms with Crippen LogP contribution in [0.1, 0.15) is 39.5 Å². The Bertz CT molecular complexity index is 267. The number of carbonyl (C=O) groups is 1. The van der Waals surface area contributed by atoms with E-state index in [0.717, 1.165) is 19.3 Å². The molecule has 0 aromatic carbocycles. The van der Waals surface area contributed by atoms with E-state index < -0.39 is 17.7 Å². The van der Waals surface area contributed by atoms with Crippen molar-refractivity contribution in [1.82, 2.24) is 5.48 Å². The van der Waals surface area contributed by atoms with Crippen LogP contribution in [-0.4, -0.2) is 17.7 Å². The van der Waals surface area contributed by atoms with Gasteiger partial charge in [0.05, 0.1) is 5.54 Å². The maximum Gasteiger partial charge on any atom is 0.492 e. The number of hydrogen-bond acceptors (Lipinski definition) is 3. The summed E-state index contributed by atoms with van der Waals surface area (Å²) in [6.45, 7) is 3.72. The zero-order valence-corrected chi connectivity index (χ0v) is 9.36. The van der Waals surface area contributed by atoms with Crippen molar-refractivity contribution in [1.29, 1.82) is 0 Å². The number of hydroxylamine groups is 1. The molecule has 1 aliphatic rings. The Morgan fingerprint density at radius 2 is 2.06 bits per heavy atom. The summed E-state index contributed by atoms with van der Waals surface area (Å²) in [5, 5.41) is 0. The fourth-order valence-corrected chi connectivity index (χ4v) is 1.88. The molecule has 0 radical (unpaired) electrons. The second-order valence-electron chi connectivity index (χ2n) is 4.55. The molecular weight excluding hydrogens is 223 g/mol. The third kappa shape index (κ3) is 3.10. The highest BCUT2D eigenvalue weighted by atomic mass is 19.4. The van der Waals surface area contributed by atoms with Gasteiger partial charge in [-0.1, -0.05) is 19.8 Å². The van der Waals surface area contributed by atoms with Gasteiger partial charge in [-0.3, -0.25) is 0 Å². The van der Waals surface area contributed by atoms with Gasteiger partial charge in [0, 0.05) is 0 Å². The maximum atomic E-state index is 11.9. The van der Waals surface area contributed by atoms with E-state index in [9.17, 15) is 18.0 Å². The van der Waals surface area contributed by atoms with Crippen molar-refractivity contribution in [2.45, 2.75) is 51.2 Å². The number of halogens is 3. The molecule has 0 amide bonds. The summed E-state index contributed by atoms with van der Waals surface area (Å²) in [7, 11) is 0. The Morgan fingerprint density at radius 3 is 2.56 bits per heavy atom. The van der Waals surface area contributed by atoms with E-state index in [1.165, 1.54) is 0 Å². The Labute approximate surface area is 92.3 Å². The number of nitrogens with one attached hydrogen (secondary N) is 1. The Kier molecular flexibility index (Phi) is 3.83. The lowest BCUT2D eigenvalue weighted by atomic mass is 9.76. The summed E-state index contributed by atoms with van der Waals surface area (Å²) < 4.78 is 35.7. The molecule has 1 N–H and O–H groups in total. The molecule has 1 rings (SSSR count). The fourth-order valence-electron chi connectivity index (χ4n) is 1.88. The van der Waals surface area contributed by atoms with Gasteiger partial charge in [0.15, 0.2) is 0 Å². The van der Waals surface area contributed by atoms with Crippen molar-refractivity contribution < 1.29 is 22.8 Å². The lowest BCUT2D eigenvalue weighted by Crippen LogP contribution is -2.51. The van der Waals surface area contributed by atoms with E-state index in [2.05, 4.69) is 10.3 Å². The summed E-state index contributed by atoms with van der Waals surface area (Å²) in [6, 6.07) is 0. The van der Waals surface area contributed by atoms with Crippen molar-refractivity contribution in [2.24, 2.45) is 5.92 Å². The van der Waals surface area contributed by atoms with Gasteiger partial charge in [0.25, 0.3) is 0 Å². The molecule has 2 atom stereocenters. The van der Waals surface area contributed by atoms with Gasteiger partial charge in [-0.15, -0.1) is 5.48 Å². The molecule has 94 valence electrons. The van der Waals surface area contributed by atoms with Gasteiger partial charge in [-0.25, -0.2) is 4.79 Å². The molecule has 0 aromatic rings. The molecule has 1 fully saturated rings. The smallest absolute Gasteiger partial charge is 0.363 e. The van der Waals surface area contributed by atoms with Gasteiger partial charge in [0.2, 0.25) is 0 Å². The van der Waals surface area contributed by atoms with Crippen LogP contribution in [0.5, 0.6) is 0 Å². The highest BCUT2D eigenvalue weighted by Gasteiger charge is 2.43. The predicted molar refractivity (Wildman–Crippen MR) is 51.3 cm³/mol. The van der Waals surface area contributed by atoms with Crippen LogP contribution in [0.4, 0.5) is 13.2 Å². The van der Waals surface area contributed by atoms with Crippen LogP contribution in [0.3, 0.4) is 0 Å². The molecule has 0 aliphatic heterocycles. The first-order valence-corrected chi connectivity index (χ1v) is 5.31. The highest BCUT2D eigenvalue weighted by molar-refractivity contribution is 5.75. The third-order valence-corrected chi connectivity index (χ3v) is 3.28.